The fourth-order valence-corrected chi connectivity index (χ4v) is 1.58. The number of hydrogen-bond donors (Lipinski definition) is 3. The third kappa shape index (κ3) is 2.74. The third-order valence-corrected chi connectivity index (χ3v) is 2.01. The van der Waals surface area contributed by atoms with E-state index in [-0.39, 0.29) is 6.42 Å². The van der Waals surface area contributed by atoms with Crippen molar-refractivity contribution >= 4 is 10.2 Å². The number of nitrogens with one attached hydrogen (secondary N) is 1. The highest BCUT2D eigenvalue weighted by molar-refractivity contribution is 7.87. The SMILES string of the molecule is NS(=O)(=O)NC1(O)C=CC=CC1. The van der Waals surface area contributed by atoms with Gasteiger partial charge in [-0.2, -0.15) is 13.1 Å². The average Bonchev–Trinajstić information content (AvgIpc) is 1.83. The molecule has 0 amide bonds. The van der Waals surface area contributed by atoms with E-state index < -0.39 is 15.9 Å². The minimum atomic E-state index is -3.87. The molecule has 4 N–H and O–H groups in total. The number of nitrogens with two attached hydrogens (primary N) is 1. The fourth-order valence-electron chi connectivity index (χ4n) is 0.931. The van der Waals surface area contributed by atoms with Gasteiger partial charge in [0.25, 0.3) is 10.2 Å². The highest BCUT2D eigenvalue weighted by Gasteiger charge is 2.26. The van der Waals surface area contributed by atoms with Crippen LogP contribution in [0.2, 0.25) is 0 Å². The Kier molecular flexibility index (Phi) is 2.34. The van der Waals surface area contributed by atoms with Crippen LogP contribution in [0.3, 0.4) is 0 Å². The second-order valence-corrected chi connectivity index (χ2v) is 3.86. The van der Waals surface area contributed by atoms with Crippen molar-refractivity contribution in [2.24, 2.45) is 5.14 Å². The van der Waals surface area contributed by atoms with Crippen LogP contribution >= 0.6 is 0 Å². The first kappa shape index (κ1) is 9.40. The van der Waals surface area contributed by atoms with Gasteiger partial charge in [-0.25, -0.2) is 5.14 Å². The Labute approximate surface area is 70.8 Å². The average molecular weight is 190 g/mol. The van der Waals surface area contributed by atoms with E-state index in [9.17, 15) is 13.5 Å². The molecule has 1 aliphatic carbocycles. The van der Waals surface area contributed by atoms with Crippen LogP contribution in [0.5, 0.6) is 0 Å². The van der Waals surface area contributed by atoms with E-state index in [1.807, 2.05) is 4.72 Å². The van der Waals surface area contributed by atoms with Crippen molar-refractivity contribution < 1.29 is 13.5 Å². The van der Waals surface area contributed by atoms with Crippen LogP contribution < -0.4 is 9.86 Å². The predicted molar refractivity (Wildman–Crippen MR) is 44.1 cm³/mol. The zero-order valence-corrected chi connectivity index (χ0v) is 7.08. The van der Waals surface area contributed by atoms with Crippen molar-refractivity contribution in [2.75, 3.05) is 0 Å². The summed E-state index contributed by atoms with van der Waals surface area (Å²) in [6.07, 6.45) is 6.40. The Morgan fingerprint density at radius 2 is 2.17 bits per heavy atom. The molecule has 12 heavy (non-hydrogen) atoms. The standard InChI is InChI=1S/C6H10N2O3S/c7-12(10,11)8-6(9)4-2-1-3-5-6/h1-4,8-9H,5H2,(H2,7,10,11). The predicted octanol–water partition coefficient (Wildman–Crippen LogP) is -1.02. The van der Waals surface area contributed by atoms with E-state index in [0.29, 0.717) is 0 Å². The van der Waals surface area contributed by atoms with Gasteiger partial charge in [-0.05, 0) is 6.08 Å². The topological polar surface area (TPSA) is 92.4 Å². The lowest BCUT2D eigenvalue weighted by Crippen LogP contribution is -2.49. The summed E-state index contributed by atoms with van der Waals surface area (Å²) in [5, 5.41) is 14.2. The van der Waals surface area contributed by atoms with E-state index in [1.54, 1.807) is 18.2 Å². The van der Waals surface area contributed by atoms with Gasteiger partial charge in [-0.1, -0.05) is 18.2 Å². The second kappa shape index (κ2) is 2.98. The van der Waals surface area contributed by atoms with Gasteiger partial charge in [0.15, 0.2) is 5.72 Å². The molecule has 0 saturated carbocycles. The van der Waals surface area contributed by atoms with E-state index in [1.165, 1.54) is 6.08 Å². The summed E-state index contributed by atoms with van der Waals surface area (Å²) in [7, 11) is -3.87. The van der Waals surface area contributed by atoms with Crippen molar-refractivity contribution in [3.63, 3.8) is 0 Å². The van der Waals surface area contributed by atoms with Crippen LogP contribution in [-0.2, 0) is 10.2 Å². The van der Waals surface area contributed by atoms with E-state index in [4.69, 9.17) is 5.14 Å². The number of allylic oxidation sites excluding steroid dienone is 2. The molecule has 0 aromatic rings. The van der Waals surface area contributed by atoms with Crippen LogP contribution in [0.25, 0.3) is 0 Å². The monoisotopic (exact) mass is 190 g/mol. The second-order valence-electron chi connectivity index (χ2n) is 2.56. The molecular weight excluding hydrogens is 180 g/mol. The van der Waals surface area contributed by atoms with Gasteiger partial charge in [0.1, 0.15) is 0 Å². The summed E-state index contributed by atoms with van der Waals surface area (Å²) < 4.78 is 23.0. The molecule has 0 aliphatic heterocycles. The maximum Gasteiger partial charge on any atom is 0.277 e. The van der Waals surface area contributed by atoms with Crippen molar-refractivity contribution in [1.82, 2.24) is 4.72 Å². The Morgan fingerprint density at radius 1 is 1.50 bits per heavy atom. The van der Waals surface area contributed by atoms with Crippen molar-refractivity contribution in [3.05, 3.63) is 24.3 Å². The Hall–Kier alpha value is -0.690. The third-order valence-electron chi connectivity index (χ3n) is 1.37. The van der Waals surface area contributed by atoms with Crippen molar-refractivity contribution in [3.8, 4) is 0 Å². The van der Waals surface area contributed by atoms with Gasteiger partial charge in [0.05, 0.1) is 0 Å². The maximum absolute atomic E-state index is 10.6. The molecule has 1 rings (SSSR count). The number of hydrogen-bond acceptors (Lipinski definition) is 3. The zero-order valence-electron chi connectivity index (χ0n) is 6.27. The number of aliphatic hydroxyl groups is 1. The van der Waals surface area contributed by atoms with Gasteiger partial charge in [-0.15, -0.1) is 0 Å². The molecule has 68 valence electrons. The summed E-state index contributed by atoms with van der Waals surface area (Å²) in [5.74, 6) is 0. The largest absolute Gasteiger partial charge is 0.371 e. The van der Waals surface area contributed by atoms with Crippen LogP contribution in [0.15, 0.2) is 24.3 Å². The van der Waals surface area contributed by atoms with Crippen LogP contribution in [0.1, 0.15) is 6.42 Å². The molecule has 1 unspecified atom stereocenters. The molecule has 0 aromatic carbocycles. The highest BCUT2D eigenvalue weighted by atomic mass is 32.2. The summed E-state index contributed by atoms with van der Waals surface area (Å²) in [6.45, 7) is 0. The lowest BCUT2D eigenvalue weighted by Gasteiger charge is -2.24. The molecule has 0 radical (unpaired) electrons. The molecule has 1 aliphatic rings. The number of rotatable bonds is 2. The molecule has 0 fully saturated rings. The molecule has 5 nitrogen and oxygen atoms in total. The molecule has 0 saturated heterocycles. The minimum absolute atomic E-state index is 0.180. The lowest BCUT2D eigenvalue weighted by atomic mass is 10.1. The van der Waals surface area contributed by atoms with Gasteiger partial charge in [0, 0.05) is 6.42 Å². The molecule has 0 spiro atoms. The lowest BCUT2D eigenvalue weighted by molar-refractivity contribution is 0.0815. The van der Waals surface area contributed by atoms with Gasteiger partial charge < -0.3 is 5.11 Å². The molecule has 1 atom stereocenters. The summed E-state index contributed by atoms with van der Waals surface area (Å²) >= 11 is 0. The smallest absolute Gasteiger partial charge is 0.277 e. The first-order valence-corrected chi connectivity index (χ1v) is 4.84. The van der Waals surface area contributed by atoms with Crippen molar-refractivity contribution in [1.29, 1.82) is 0 Å². The van der Waals surface area contributed by atoms with E-state index in [2.05, 4.69) is 0 Å². The fraction of sp³-hybridized carbons (Fsp3) is 0.333. The zero-order chi connectivity index (χ0) is 9.24. The Bertz CT molecular complexity index is 320. The van der Waals surface area contributed by atoms with Gasteiger partial charge in [-0.3, -0.25) is 0 Å². The van der Waals surface area contributed by atoms with Crippen molar-refractivity contribution in [2.45, 2.75) is 12.1 Å². The van der Waals surface area contributed by atoms with Crippen LogP contribution in [-0.4, -0.2) is 19.2 Å². The van der Waals surface area contributed by atoms with Gasteiger partial charge in [0.2, 0.25) is 0 Å². The maximum atomic E-state index is 10.6. The molecule has 0 aromatic heterocycles. The van der Waals surface area contributed by atoms with Crippen LogP contribution in [0.4, 0.5) is 0 Å². The van der Waals surface area contributed by atoms with E-state index >= 15 is 0 Å². The summed E-state index contributed by atoms with van der Waals surface area (Å²) in [4.78, 5) is 0. The first-order valence-electron chi connectivity index (χ1n) is 3.30. The Morgan fingerprint density at radius 3 is 2.58 bits per heavy atom. The first-order chi connectivity index (χ1) is 5.41. The molecule has 6 heteroatoms. The Balaban J connectivity index is 2.75. The summed E-state index contributed by atoms with van der Waals surface area (Å²) in [6, 6.07) is 0. The highest BCUT2D eigenvalue weighted by Crippen LogP contribution is 2.13. The summed E-state index contributed by atoms with van der Waals surface area (Å²) in [5.41, 5.74) is -1.57. The van der Waals surface area contributed by atoms with E-state index in [0.717, 1.165) is 0 Å². The van der Waals surface area contributed by atoms with Crippen LogP contribution in [0, 0.1) is 0 Å². The quantitative estimate of drug-likeness (QED) is 0.487. The molecule has 0 heterocycles. The molecule has 0 bridgehead atoms. The van der Waals surface area contributed by atoms with Gasteiger partial charge >= 0.3 is 0 Å². The molecular formula is C6H10N2O3S. The minimum Gasteiger partial charge on any atom is -0.371 e. The normalized spacial score (nSPS) is 29.2.